The molecule has 0 spiro atoms. The standard InChI is InChI=1S/C16H25N5O3/c1-11-15(16(23-4)20(2)18-11)12-6-5-8-21(12)10-14-17-13(19-24-14)7-9-22-3/h12H,5-10H2,1-4H3/t12-/m0/s1. The maximum Gasteiger partial charge on any atom is 0.240 e. The molecule has 2 aromatic rings. The minimum absolute atomic E-state index is 0.267. The Balaban J connectivity index is 1.75. The molecule has 0 unspecified atom stereocenters. The second-order valence-electron chi connectivity index (χ2n) is 6.11. The first kappa shape index (κ1) is 16.9. The van der Waals surface area contributed by atoms with Crippen molar-refractivity contribution in [2.24, 2.45) is 7.05 Å². The van der Waals surface area contributed by atoms with Gasteiger partial charge in [0.1, 0.15) is 0 Å². The van der Waals surface area contributed by atoms with Crippen molar-refractivity contribution in [1.29, 1.82) is 0 Å². The van der Waals surface area contributed by atoms with E-state index >= 15 is 0 Å². The Hall–Kier alpha value is -1.93. The number of ether oxygens (including phenoxy) is 2. The van der Waals surface area contributed by atoms with Gasteiger partial charge in [-0.2, -0.15) is 10.1 Å². The van der Waals surface area contributed by atoms with E-state index in [2.05, 4.69) is 20.1 Å². The zero-order chi connectivity index (χ0) is 17.1. The summed E-state index contributed by atoms with van der Waals surface area (Å²) in [5, 5.41) is 8.52. The molecular formula is C16H25N5O3. The van der Waals surface area contributed by atoms with E-state index in [1.54, 1.807) is 18.9 Å². The maximum atomic E-state index is 5.56. The molecule has 0 saturated carbocycles. The van der Waals surface area contributed by atoms with Crippen molar-refractivity contribution in [2.75, 3.05) is 27.4 Å². The van der Waals surface area contributed by atoms with E-state index in [0.717, 1.165) is 36.5 Å². The first-order chi connectivity index (χ1) is 11.6. The molecule has 0 amide bonds. The molecule has 3 rings (SSSR count). The van der Waals surface area contributed by atoms with E-state index in [1.165, 1.54) is 0 Å². The quantitative estimate of drug-likeness (QED) is 0.761. The third-order valence-electron chi connectivity index (χ3n) is 4.48. The van der Waals surface area contributed by atoms with Gasteiger partial charge in [-0.1, -0.05) is 5.16 Å². The summed E-state index contributed by atoms with van der Waals surface area (Å²) >= 11 is 0. The van der Waals surface area contributed by atoms with Crippen molar-refractivity contribution in [3.63, 3.8) is 0 Å². The highest BCUT2D eigenvalue weighted by Gasteiger charge is 2.33. The second kappa shape index (κ2) is 7.31. The third kappa shape index (κ3) is 3.29. The highest BCUT2D eigenvalue weighted by atomic mass is 16.5. The number of hydrogen-bond acceptors (Lipinski definition) is 7. The predicted molar refractivity (Wildman–Crippen MR) is 86.8 cm³/mol. The van der Waals surface area contributed by atoms with Crippen LogP contribution in [0.15, 0.2) is 4.52 Å². The average Bonchev–Trinajstić information content (AvgIpc) is 3.25. The van der Waals surface area contributed by atoms with Crippen LogP contribution < -0.4 is 4.74 Å². The lowest BCUT2D eigenvalue weighted by molar-refractivity contribution is 0.198. The van der Waals surface area contributed by atoms with Gasteiger partial charge in [-0.15, -0.1) is 0 Å². The van der Waals surface area contributed by atoms with Crippen LogP contribution >= 0.6 is 0 Å². The van der Waals surface area contributed by atoms with E-state index in [0.29, 0.717) is 31.3 Å². The molecule has 0 aliphatic carbocycles. The van der Waals surface area contributed by atoms with Crippen LogP contribution in [-0.4, -0.2) is 52.2 Å². The van der Waals surface area contributed by atoms with Crippen LogP contribution in [0.1, 0.15) is 41.9 Å². The summed E-state index contributed by atoms with van der Waals surface area (Å²) in [6.45, 7) is 4.27. The van der Waals surface area contributed by atoms with E-state index in [4.69, 9.17) is 14.0 Å². The molecule has 0 radical (unpaired) electrons. The van der Waals surface area contributed by atoms with E-state index < -0.39 is 0 Å². The molecule has 24 heavy (non-hydrogen) atoms. The van der Waals surface area contributed by atoms with Gasteiger partial charge in [-0.25, -0.2) is 4.68 Å². The summed E-state index contributed by atoms with van der Waals surface area (Å²) in [4.78, 5) is 6.82. The Morgan fingerprint density at radius 2 is 2.17 bits per heavy atom. The summed E-state index contributed by atoms with van der Waals surface area (Å²) in [5.74, 6) is 2.17. The van der Waals surface area contributed by atoms with Crippen molar-refractivity contribution >= 4 is 0 Å². The molecule has 1 fully saturated rings. The fourth-order valence-electron chi connectivity index (χ4n) is 3.44. The SMILES string of the molecule is COCCc1noc(CN2CCC[C@H]2c2c(C)nn(C)c2OC)n1. The van der Waals surface area contributed by atoms with Gasteiger partial charge in [0.15, 0.2) is 5.82 Å². The molecule has 1 aliphatic heterocycles. The summed E-state index contributed by atoms with van der Waals surface area (Å²) in [6, 6.07) is 0.267. The van der Waals surface area contributed by atoms with Crippen molar-refractivity contribution < 1.29 is 14.0 Å². The van der Waals surface area contributed by atoms with Gasteiger partial charge < -0.3 is 14.0 Å². The van der Waals surface area contributed by atoms with Gasteiger partial charge in [0, 0.05) is 26.6 Å². The molecule has 8 nitrogen and oxygen atoms in total. The van der Waals surface area contributed by atoms with Crippen molar-refractivity contribution in [3.05, 3.63) is 23.0 Å². The van der Waals surface area contributed by atoms with Gasteiger partial charge in [0.2, 0.25) is 11.8 Å². The summed E-state index contributed by atoms with van der Waals surface area (Å²) < 4.78 is 17.8. The lowest BCUT2D eigenvalue weighted by atomic mass is 10.1. The molecule has 132 valence electrons. The largest absolute Gasteiger partial charge is 0.481 e. The molecular weight excluding hydrogens is 310 g/mol. The van der Waals surface area contributed by atoms with Crippen LogP contribution in [0.2, 0.25) is 0 Å². The third-order valence-corrected chi connectivity index (χ3v) is 4.48. The van der Waals surface area contributed by atoms with Gasteiger partial charge in [-0.3, -0.25) is 4.90 Å². The first-order valence-electron chi connectivity index (χ1n) is 8.26. The monoisotopic (exact) mass is 335 g/mol. The average molecular weight is 335 g/mol. The molecule has 8 heteroatoms. The molecule has 1 saturated heterocycles. The second-order valence-corrected chi connectivity index (χ2v) is 6.11. The van der Waals surface area contributed by atoms with Crippen LogP contribution in [-0.2, 0) is 24.8 Å². The Morgan fingerprint density at radius 3 is 2.92 bits per heavy atom. The van der Waals surface area contributed by atoms with Gasteiger partial charge >= 0.3 is 0 Å². The van der Waals surface area contributed by atoms with E-state index in [-0.39, 0.29) is 6.04 Å². The zero-order valence-corrected chi connectivity index (χ0v) is 14.8. The van der Waals surface area contributed by atoms with Crippen LogP contribution in [0, 0.1) is 6.92 Å². The smallest absolute Gasteiger partial charge is 0.240 e. The molecule has 0 bridgehead atoms. The lowest BCUT2D eigenvalue weighted by Gasteiger charge is -2.23. The van der Waals surface area contributed by atoms with Crippen molar-refractivity contribution in [2.45, 2.75) is 38.8 Å². The fraction of sp³-hybridized carbons (Fsp3) is 0.688. The number of likely N-dealkylation sites (tertiary alicyclic amines) is 1. The topological polar surface area (TPSA) is 78.4 Å². The highest BCUT2D eigenvalue weighted by molar-refractivity contribution is 5.35. The van der Waals surface area contributed by atoms with Crippen LogP contribution in [0.25, 0.3) is 0 Å². The minimum atomic E-state index is 0.267. The zero-order valence-electron chi connectivity index (χ0n) is 14.8. The summed E-state index contributed by atoms with van der Waals surface area (Å²) in [5.41, 5.74) is 2.18. The summed E-state index contributed by atoms with van der Waals surface area (Å²) in [6.07, 6.45) is 2.87. The van der Waals surface area contributed by atoms with Crippen molar-refractivity contribution in [1.82, 2.24) is 24.8 Å². The van der Waals surface area contributed by atoms with E-state index in [1.807, 2.05) is 14.0 Å². The Bertz CT molecular complexity index is 681. The molecule has 1 aliphatic rings. The normalized spacial score (nSPS) is 18.4. The minimum Gasteiger partial charge on any atom is -0.481 e. The number of hydrogen-bond donors (Lipinski definition) is 0. The fourth-order valence-corrected chi connectivity index (χ4v) is 3.44. The van der Waals surface area contributed by atoms with Gasteiger partial charge in [0.05, 0.1) is 31.5 Å². The lowest BCUT2D eigenvalue weighted by Crippen LogP contribution is -2.23. The first-order valence-corrected chi connectivity index (χ1v) is 8.26. The number of nitrogens with zero attached hydrogens (tertiary/aromatic N) is 5. The van der Waals surface area contributed by atoms with Crippen LogP contribution in [0.5, 0.6) is 5.88 Å². The number of aryl methyl sites for hydroxylation is 2. The molecule has 2 aromatic heterocycles. The van der Waals surface area contributed by atoms with Crippen LogP contribution in [0.3, 0.4) is 0 Å². The number of methoxy groups -OCH3 is 2. The number of rotatable bonds is 7. The highest BCUT2D eigenvalue weighted by Crippen LogP contribution is 2.39. The van der Waals surface area contributed by atoms with Crippen LogP contribution in [0.4, 0.5) is 0 Å². The Labute approximate surface area is 141 Å². The number of aromatic nitrogens is 4. The molecule has 0 N–H and O–H groups in total. The Morgan fingerprint density at radius 1 is 1.33 bits per heavy atom. The van der Waals surface area contributed by atoms with E-state index in [9.17, 15) is 0 Å². The van der Waals surface area contributed by atoms with Gasteiger partial charge in [-0.05, 0) is 26.3 Å². The predicted octanol–water partition coefficient (Wildman–Crippen LogP) is 1.65. The summed E-state index contributed by atoms with van der Waals surface area (Å²) in [7, 11) is 5.27. The molecule has 3 heterocycles. The van der Waals surface area contributed by atoms with Crippen molar-refractivity contribution in [3.8, 4) is 5.88 Å². The molecule has 1 atom stereocenters. The van der Waals surface area contributed by atoms with Gasteiger partial charge in [0.25, 0.3) is 0 Å². The maximum absolute atomic E-state index is 5.56. The molecule has 0 aromatic carbocycles. The Kier molecular flexibility index (Phi) is 5.15.